The second-order valence-electron chi connectivity index (χ2n) is 7.82. The Morgan fingerprint density at radius 3 is 2.43 bits per heavy atom. The number of nitro benzene ring substituents is 1. The first kappa shape index (κ1) is 24.9. The second kappa shape index (κ2) is 11.5. The number of hydrogen-bond acceptors (Lipinski definition) is 6. The van der Waals surface area contributed by atoms with E-state index in [9.17, 15) is 19.7 Å². The van der Waals surface area contributed by atoms with E-state index in [1.807, 2.05) is 48.5 Å². The maximum absolute atomic E-state index is 12.8. The normalized spacial score (nSPS) is 14.5. The van der Waals surface area contributed by atoms with Crippen LogP contribution in [0.3, 0.4) is 0 Å². The summed E-state index contributed by atoms with van der Waals surface area (Å²) in [7, 11) is 0. The highest BCUT2D eigenvalue weighted by atomic mass is 127. The molecule has 0 radical (unpaired) electrons. The van der Waals surface area contributed by atoms with E-state index in [1.54, 1.807) is 18.2 Å². The van der Waals surface area contributed by atoms with Gasteiger partial charge >= 0.3 is 0 Å². The van der Waals surface area contributed by atoms with Gasteiger partial charge in [-0.1, -0.05) is 36.4 Å². The largest absolute Gasteiger partial charge is 0.488 e. The van der Waals surface area contributed by atoms with E-state index in [0.29, 0.717) is 23.6 Å². The smallest absolute Gasteiger partial charge is 0.293 e. The molecule has 0 aliphatic carbocycles. The molecule has 1 heterocycles. The van der Waals surface area contributed by atoms with Crippen molar-refractivity contribution < 1.29 is 19.2 Å². The van der Waals surface area contributed by atoms with Crippen LogP contribution in [0.5, 0.6) is 5.75 Å². The SMILES string of the molecule is O=C1S/C(=C/c2ccc(OCc3ccc([N+](=O)[O-])cc3)c(I)c2)C(=O)N1CCCc1ccccc1. The number of aryl methyl sites for hydroxylation is 1. The molecule has 2 amide bonds. The third-order valence-electron chi connectivity index (χ3n) is 5.36. The van der Waals surface area contributed by atoms with Crippen molar-refractivity contribution in [2.75, 3.05) is 6.54 Å². The number of ether oxygens (including phenoxy) is 1. The summed E-state index contributed by atoms with van der Waals surface area (Å²) in [6.45, 7) is 0.666. The molecule has 0 N–H and O–H groups in total. The van der Waals surface area contributed by atoms with Crippen molar-refractivity contribution in [2.45, 2.75) is 19.4 Å². The molecule has 0 saturated carbocycles. The summed E-state index contributed by atoms with van der Waals surface area (Å²) < 4.78 is 6.70. The maximum atomic E-state index is 12.8. The van der Waals surface area contributed by atoms with E-state index < -0.39 is 4.92 Å². The summed E-state index contributed by atoms with van der Waals surface area (Å²) in [6.07, 6.45) is 3.25. The van der Waals surface area contributed by atoms with Gasteiger partial charge in [0, 0.05) is 18.7 Å². The fourth-order valence-electron chi connectivity index (χ4n) is 3.53. The Kier molecular flexibility index (Phi) is 8.19. The first-order valence-corrected chi connectivity index (χ1v) is 12.8. The zero-order chi connectivity index (χ0) is 24.8. The number of nitrogens with zero attached hydrogens (tertiary/aromatic N) is 2. The number of benzene rings is 3. The summed E-state index contributed by atoms with van der Waals surface area (Å²) >= 11 is 3.11. The molecule has 1 aliphatic heterocycles. The molecule has 0 spiro atoms. The molecule has 0 unspecified atom stereocenters. The van der Waals surface area contributed by atoms with Gasteiger partial charge in [0.15, 0.2) is 0 Å². The fraction of sp³-hybridized carbons (Fsp3) is 0.154. The van der Waals surface area contributed by atoms with Crippen LogP contribution in [0.2, 0.25) is 0 Å². The average Bonchev–Trinajstić information content (AvgIpc) is 3.11. The number of amides is 2. The molecule has 3 aromatic rings. The van der Waals surface area contributed by atoms with Gasteiger partial charge in [0.25, 0.3) is 16.8 Å². The van der Waals surface area contributed by atoms with Gasteiger partial charge in [0.1, 0.15) is 12.4 Å². The van der Waals surface area contributed by atoms with Crippen LogP contribution in [0.1, 0.15) is 23.1 Å². The predicted molar refractivity (Wildman–Crippen MR) is 144 cm³/mol. The summed E-state index contributed by atoms with van der Waals surface area (Å²) in [5, 5.41) is 10.5. The summed E-state index contributed by atoms with van der Waals surface area (Å²) in [6, 6.07) is 21.7. The van der Waals surface area contributed by atoms with Gasteiger partial charge in [0.05, 0.1) is 13.4 Å². The molecule has 178 valence electrons. The minimum absolute atomic E-state index is 0.0355. The number of thioether (sulfide) groups is 1. The first-order valence-electron chi connectivity index (χ1n) is 10.9. The summed E-state index contributed by atoms with van der Waals surface area (Å²) in [5.41, 5.74) is 2.83. The molecule has 0 aromatic heterocycles. The standard InChI is InChI=1S/C26H21IN2O5S/c27-22-15-20(10-13-23(22)34-17-19-8-11-21(12-9-19)29(32)33)16-24-25(30)28(26(31)35-24)14-4-7-18-5-2-1-3-6-18/h1-3,5-6,8-13,15-16H,4,7,14,17H2/b24-16+. The molecule has 3 aromatic carbocycles. The lowest BCUT2D eigenvalue weighted by Gasteiger charge is -2.12. The Balaban J connectivity index is 1.35. The van der Waals surface area contributed by atoms with Crippen LogP contribution < -0.4 is 4.74 Å². The maximum Gasteiger partial charge on any atom is 0.293 e. The molecule has 0 bridgehead atoms. The topological polar surface area (TPSA) is 89.7 Å². The molecule has 4 rings (SSSR count). The molecule has 35 heavy (non-hydrogen) atoms. The first-order chi connectivity index (χ1) is 16.9. The van der Waals surface area contributed by atoms with Crippen LogP contribution in [-0.2, 0) is 17.8 Å². The van der Waals surface area contributed by atoms with E-state index in [-0.39, 0.29) is 23.4 Å². The van der Waals surface area contributed by atoms with E-state index in [4.69, 9.17) is 4.74 Å². The van der Waals surface area contributed by atoms with Gasteiger partial charge < -0.3 is 4.74 Å². The monoisotopic (exact) mass is 600 g/mol. The van der Waals surface area contributed by atoms with Crippen LogP contribution in [0.25, 0.3) is 6.08 Å². The Hall–Kier alpha value is -3.18. The van der Waals surface area contributed by atoms with Crippen molar-refractivity contribution in [3.63, 3.8) is 0 Å². The van der Waals surface area contributed by atoms with Gasteiger partial charge in [-0.05, 0) is 94.2 Å². The zero-order valence-electron chi connectivity index (χ0n) is 18.6. The number of nitro groups is 1. The fourth-order valence-corrected chi connectivity index (χ4v) is 5.09. The van der Waals surface area contributed by atoms with Crippen molar-refractivity contribution in [3.05, 3.63) is 108 Å². The zero-order valence-corrected chi connectivity index (χ0v) is 21.5. The minimum atomic E-state index is -0.439. The number of hydrogen-bond donors (Lipinski definition) is 0. The van der Waals surface area contributed by atoms with Crippen molar-refractivity contribution in [3.8, 4) is 5.75 Å². The molecular formula is C26H21IN2O5S. The summed E-state index contributed by atoms with van der Waals surface area (Å²) in [5.74, 6) is 0.400. The Morgan fingerprint density at radius 2 is 1.74 bits per heavy atom. The number of imide groups is 1. The Labute approximate surface area is 220 Å². The summed E-state index contributed by atoms with van der Waals surface area (Å²) in [4.78, 5) is 37.2. The average molecular weight is 600 g/mol. The third kappa shape index (κ3) is 6.49. The molecule has 1 aliphatic rings. The lowest BCUT2D eigenvalue weighted by Crippen LogP contribution is -2.29. The molecule has 1 saturated heterocycles. The van der Waals surface area contributed by atoms with Crippen LogP contribution in [0.4, 0.5) is 10.5 Å². The van der Waals surface area contributed by atoms with Crippen molar-refractivity contribution in [2.24, 2.45) is 0 Å². The van der Waals surface area contributed by atoms with Gasteiger partial charge in [0.2, 0.25) is 0 Å². The number of non-ortho nitro benzene ring substituents is 1. The van der Waals surface area contributed by atoms with Crippen LogP contribution in [-0.4, -0.2) is 27.5 Å². The van der Waals surface area contributed by atoms with E-state index in [0.717, 1.165) is 32.9 Å². The van der Waals surface area contributed by atoms with Gasteiger partial charge in [-0.15, -0.1) is 0 Å². The number of carbonyl (C=O) groups excluding carboxylic acids is 2. The van der Waals surface area contributed by atoms with E-state index >= 15 is 0 Å². The molecule has 1 fully saturated rings. The second-order valence-corrected chi connectivity index (χ2v) is 9.98. The number of rotatable bonds is 9. The highest BCUT2D eigenvalue weighted by Gasteiger charge is 2.34. The Bertz CT molecular complexity index is 1280. The number of halogens is 1. The highest BCUT2D eigenvalue weighted by molar-refractivity contribution is 14.1. The predicted octanol–water partition coefficient (Wildman–Crippen LogP) is 6.45. The lowest BCUT2D eigenvalue weighted by molar-refractivity contribution is -0.384. The minimum Gasteiger partial charge on any atom is -0.488 e. The highest BCUT2D eigenvalue weighted by Crippen LogP contribution is 2.33. The van der Waals surface area contributed by atoms with Crippen LogP contribution >= 0.6 is 34.4 Å². The third-order valence-corrected chi connectivity index (χ3v) is 7.11. The molecular weight excluding hydrogens is 579 g/mol. The molecule has 9 heteroatoms. The quantitative estimate of drug-likeness (QED) is 0.121. The van der Waals surface area contributed by atoms with Crippen molar-refractivity contribution >= 4 is 57.3 Å². The van der Waals surface area contributed by atoms with Crippen molar-refractivity contribution in [1.82, 2.24) is 4.90 Å². The van der Waals surface area contributed by atoms with Crippen LogP contribution in [0.15, 0.2) is 77.7 Å². The lowest BCUT2D eigenvalue weighted by atomic mass is 10.1. The van der Waals surface area contributed by atoms with E-state index in [1.165, 1.54) is 22.6 Å². The molecule has 7 nitrogen and oxygen atoms in total. The van der Waals surface area contributed by atoms with Crippen LogP contribution in [0, 0.1) is 13.7 Å². The molecule has 0 atom stereocenters. The van der Waals surface area contributed by atoms with Gasteiger partial charge in [-0.25, -0.2) is 0 Å². The van der Waals surface area contributed by atoms with Gasteiger partial charge in [-0.3, -0.25) is 24.6 Å². The van der Waals surface area contributed by atoms with Gasteiger partial charge in [-0.2, -0.15) is 0 Å². The van der Waals surface area contributed by atoms with E-state index in [2.05, 4.69) is 22.6 Å². The Morgan fingerprint density at radius 1 is 1.00 bits per heavy atom. The van der Waals surface area contributed by atoms with Crippen molar-refractivity contribution in [1.29, 1.82) is 0 Å². The number of carbonyl (C=O) groups is 2.